The number of carbonyl (C=O) groups excluding carboxylic acids is 1. The normalized spacial score (nSPS) is 20.0. The van der Waals surface area contributed by atoms with Gasteiger partial charge in [0.15, 0.2) is 0 Å². The average molecular weight is 338 g/mol. The van der Waals surface area contributed by atoms with E-state index in [0.717, 1.165) is 44.6 Å². The van der Waals surface area contributed by atoms with Gasteiger partial charge < -0.3 is 15.3 Å². The average Bonchev–Trinajstić information content (AvgIpc) is 3.24. The van der Waals surface area contributed by atoms with Gasteiger partial charge in [0, 0.05) is 25.2 Å². The van der Waals surface area contributed by atoms with Crippen LogP contribution in [-0.2, 0) is 0 Å². The second-order valence-corrected chi connectivity index (χ2v) is 6.94. The number of pyridine rings is 1. The summed E-state index contributed by atoms with van der Waals surface area (Å²) >= 11 is 6.07. The monoisotopic (exact) mass is 337 g/mol. The van der Waals surface area contributed by atoms with Gasteiger partial charge in [0.2, 0.25) is 0 Å². The topological polar surface area (TPSA) is 65.5 Å². The van der Waals surface area contributed by atoms with Crippen molar-refractivity contribution < 1.29 is 9.90 Å². The molecule has 6 heteroatoms. The van der Waals surface area contributed by atoms with Gasteiger partial charge in [0.25, 0.3) is 5.91 Å². The van der Waals surface area contributed by atoms with E-state index in [-0.39, 0.29) is 5.91 Å². The Morgan fingerprint density at radius 1 is 1.30 bits per heavy atom. The van der Waals surface area contributed by atoms with E-state index >= 15 is 0 Å². The van der Waals surface area contributed by atoms with Crippen LogP contribution in [0.1, 0.15) is 48.9 Å². The number of hydrogen-bond acceptors (Lipinski definition) is 4. The maximum atomic E-state index is 12.4. The predicted molar refractivity (Wildman–Crippen MR) is 91.0 cm³/mol. The van der Waals surface area contributed by atoms with E-state index < -0.39 is 6.10 Å². The van der Waals surface area contributed by atoms with Crippen molar-refractivity contribution in [2.75, 3.05) is 24.5 Å². The first-order chi connectivity index (χ1) is 11.1. The molecule has 0 aromatic carbocycles. The van der Waals surface area contributed by atoms with Gasteiger partial charge in [-0.05, 0) is 43.7 Å². The molecule has 1 unspecified atom stereocenters. The fourth-order valence-electron chi connectivity index (χ4n) is 3.53. The van der Waals surface area contributed by atoms with Crippen LogP contribution in [0.3, 0.4) is 0 Å². The Balaban J connectivity index is 1.62. The van der Waals surface area contributed by atoms with Crippen LogP contribution < -0.4 is 10.2 Å². The molecule has 0 bridgehead atoms. The Hall–Kier alpha value is -1.33. The number of rotatable bonds is 5. The van der Waals surface area contributed by atoms with Crippen molar-refractivity contribution in [2.24, 2.45) is 5.92 Å². The fraction of sp³-hybridized carbons (Fsp3) is 0.647. The molecule has 1 aliphatic heterocycles. The molecule has 2 N–H and O–H groups in total. The first kappa shape index (κ1) is 16.5. The third-order valence-corrected chi connectivity index (χ3v) is 5.08. The Bertz CT molecular complexity index is 555. The largest absolute Gasteiger partial charge is 0.391 e. The maximum absolute atomic E-state index is 12.4. The first-order valence-corrected chi connectivity index (χ1v) is 8.90. The summed E-state index contributed by atoms with van der Waals surface area (Å²) < 4.78 is 0. The lowest BCUT2D eigenvalue weighted by Crippen LogP contribution is -2.35. The summed E-state index contributed by atoms with van der Waals surface area (Å²) in [4.78, 5) is 18.8. The van der Waals surface area contributed by atoms with Crippen LogP contribution in [0, 0.1) is 5.92 Å². The number of aromatic nitrogens is 1. The lowest BCUT2D eigenvalue weighted by atomic mass is 10.0. The number of carbonyl (C=O) groups is 1. The van der Waals surface area contributed by atoms with Gasteiger partial charge in [0.05, 0.1) is 6.10 Å². The highest BCUT2D eigenvalue weighted by Gasteiger charge is 2.24. The zero-order valence-corrected chi connectivity index (χ0v) is 14.1. The third kappa shape index (κ3) is 4.15. The van der Waals surface area contributed by atoms with Crippen LogP contribution >= 0.6 is 11.6 Å². The number of nitrogens with zero attached hydrogens (tertiary/aromatic N) is 2. The highest BCUT2D eigenvalue weighted by molar-refractivity contribution is 6.29. The highest BCUT2D eigenvalue weighted by Crippen LogP contribution is 2.27. The summed E-state index contributed by atoms with van der Waals surface area (Å²) in [7, 11) is 0. The molecule has 23 heavy (non-hydrogen) atoms. The van der Waals surface area contributed by atoms with E-state index in [2.05, 4.69) is 15.2 Å². The molecule has 1 saturated heterocycles. The number of hydrogen-bond donors (Lipinski definition) is 2. The minimum atomic E-state index is -0.461. The lowest BCUT2D eigenvalue weighted by molar-refractivity contribution is 0.0840. The molecule has 0 spiro atoms. The zero-order valence-electron chi connectivity index (χ0n) is 13.3. The van der Waals surface area contributed by atoms with Crippen LogP contribution in [0.25, 0.3) is 0 Å². The molecule has 1 atom stereocenters. The fourth-order valence-corrected chi connectivity index (χ4v) is 3.73. The Morgan fingerprint density at radius 3 is 2.70 bits per heavy atom. The van der Waals surface area contributed by atoms with Crippen molar-refractivity contribution in [1.29, 1.82) is 0 Å². The van der Waals surface area contributed by atoms with Gasteiger partial charge in [-0.1, -0.05) is 24.4 Å². The Labute approximate surface area is 142 Å². The van der Waals surface area contributed by atoms with Gasteiger partial charge in [-0.15, -0.1) is 0 Å². The quantitative estimate of drug-likeness (QED) is 0.811. The van der Waals surface area contributed by atoms with Crippen molar-refractivity contribution in [1.82, 2.24) is 10.3 Å². The Morgan fingerprint density at radius 2 is 2.00 bits per heavy atom. The number of aliphatic hydroxyl groups is 1. The van der Waals surface area contributed by atoms with Crippen molar-refractivity contribution in [3.05, 3.63) is 22.8 Å². The molecule has 3 rings (SSSR count). The first-order valence-electron chi connectivity index (χ1n) is 8.52. The van der Waals surface area contributed by atoms with Gasteiger partial charge >= 0.3 is 0 Å². The second-order valence-electron chi connectivity index (χ2n) is 6.55. The van der Waals surface area contributed by atoms with Crippen LogP contribution in [0.5, 0.6) is 0 Å². The van der Waals surface area contributed by atoms with E-state index in [0.29, 0.717) is 23.2 Å². The van der Waals surface area contributed by atoms with E-state index in [9.17, 15) is 9.90 Å². The molecule has 1 aliphatic carbocycles. The predicted octanol–water partition coefficient (Wildman–Crippen LogP) is 2.62. The molecule has 2 fully saturated rings. The van der Waals surface area contributed by atoms with E-state index in [4.69, 9.17) is 11.6 Å². The van der Waals surface area contributed by atoms with Gasteiger partial charge in [-0.2, -0.15) is 0 Å². The molecule has 5 nitrogen and oxygen atoms in total. The number of amides is 1. The van der Waals surface area contributed by atoms with E-state index in [1.807, 2.05) is 0 Å². The molecular formula is C17H24ClN3O2. The highest BCUT2D eigenvalue weighted by atomic mass is 35.5. The van der Waals surface area contributed by atoms with Crippen molar-refractivity contribution in [3.63, 3.8) is 0 Å². The molecule has 2 aliphatic rings. The van der Waals surface area contributed by atoms with Crippen LogP contribution in [-0.4, -0.2) is 41.7 Å². The van der Waals surface area contributed by atoms with Crippen LogP contribution in [0.15, 0.2) is 12.1 Å². The van der Waals surface area contributed by atoms with Crippen molar-refractivity contribution in [2.45, 2.75) is 44.6 Å². The molecule has 1 saturated carbocycles. The molecule has 1 aromatic rings. The second kappa shape index (κ2) is 7.49. The van der Waals surface area contributed by atoms with Crippen molar-refractivity contribution >= 4 is 23.3 Å². The molecule has 2 heterocycles. The number of nitrogens with one attached hydrogen (secondary N) is 1. The summed E-state index contributed by atoms with van der Waals surface area (Å²) in [6, 6.07) is 3.37. The zero-order chi connectivity index (χ0) is 16.2. The smallest absolute Gasteiger partial charge is 0.251 e. The standard InChI is InChI=1S/C17H24ClN3O2/c18-15-9-13(10-16(20-15)21-7-3-4-8-21)17(23)19-11-14(22)12-5-1-2-6-12/h9-10,12,14,22H,1-8,11H2,(H,19,23). The van der Waals surface area contributed by atoms with E-state index in [1.165, 1.54) is 12.8 Å². The lowest BCUT2D eigenvalue weighted by Gasteiger charge is -2.19. The van der Waals surface area contributed by atoms with Crippen molar-refractivity contribution in [3.8, 4) is 0 Å². The van der Waals surface area contributed by atoms with Gasteiger partial charge in [-0.25, -0.2) is 4.98 Å². The summed E-state index contributed by atoms with van der Waals surface area (Å²) in [6.45, 7) is 2.20. The maximum Gasteiger partial charge on any atom is 0.251 e. The molecule has 1 aromatic heterocycles. The SMILES string of the molecule is O=C(NCC(O)C1CCCC1)c1cc(Cl)nc(N2CCCC2)c1. The van der Waals surface area contributed by atoms with E-state index in [1.54, 1.807) is 12.1 Å². The van der Waals surface area contributed by atoms with Gasteiger partial charge in [-0.3, -0.25) is 4.79 Å². The summed E-state index contributed by atoms with van der Waals surface area (Å²) in [6.07, 6.45) is 6.28. The number of anilines is 1. The molecule has 126 valence electrons. The summed E-state index contributed by atoms with van der Waals surface area (Å²) in [5, 5.41) is 13.3. The van der Waals surface area contributed by atoms with Gasteiger partial charge in [0.1, 0.15) is 11.0 Å². The number of aliphatic hydroxyl groups excluding tert-OH is 1. The van der Waals surface area contributed by atoms with Crippen LogP contribution in [0.4, 0.5) is 5.82 Å². The molecule has 1 amide bonds. The number of halogens is 1. The molecule has 0 radical (unpaired) electrons. The van der Waals surface area contributed by atoms with Crippen LogP contribution in [0.2, 0.25) is 5.15 Å². The minimum absolute atomic E-state index is 0.202. The molecular weight excluding hydrogens is 314 g/mol. The third-order valence-electron chi connectivity index (χ3n) is 4.89. The Kier molecular flexibility index (Phi) is 5.38. The summed E-state index contributed by atoms with van der Waals surface area (Å²) in [5.41, 5.74) is 0.505. The summed E-state index contributed by atoms with van der Waals surface area (Å²) in [5.74, 6) is 0.875. The minimum Gasteiger partial charge on any atom is -0.391 e.